The second kappa shape index (κ2) is 8.46. The van der Waals surface area contributed by atoms with Crippen LogP contribution >= 0.6 is 0 Å². The normalized spacial score (nSPS) is 17.0. The lowest BCUT2D eigenvalue weighted by molar-refractivity contribution is -0.140. The minimum atomic E-state index is -1.23. The molecule has 0 aromatic rings. The average molecular weight is 302 g/mol. The van der Waals surface area contributed by atoms with Gasteiger partial charge in [0.05, 0.1) is 0 Å². The van der Waals surface area contributed by atoms with Crippen molar-refractivity contribution in [2.75, 3.05) is 26.8 Å². The summed E-state index contributed by atoms with van der Waals surface area (Å²) < 4.78 is 5.24. The Morgan fingerprint density at radius 1 is 1.29 bits per heavy atom. The van der Waals surface area contributed by atoms with Gasteiger partial charge >= 0.3 is 18.0 Å². The topological polar surface area (TPSA) is 116 Å². The Morgan fingerprint density at radius 2 is 1.90 bits per heavy atom. The Balaban J connectivity index is 2.43. The Morgan fingerprint density at radius 3 is 2.43 bits per heavy atom. The number of aliphatic carboxylic acids is 2. The highest BCUT2D eigenvalue weighted by Crippen LogP contribution is 2.15. The maximum atomic E-state index is 11.9. The molecule has 0 spiro atoms. The van der Waals surface area contributed by atoms with E-state index in [1.165, 1.54) is 4.90 Å². The number of nitrogens with zero attached hydrogens (tertiary/aromatic N) is 1. The number of carboxylic acids is 2. The van der Waals surface area contributed by atoms with Crippen molar-refractivity contribution < 1.29 is 29.3 Å². The third-order valence-electron chi connectivity index (χ3n) is 3.46. The van der Waals surface area contributed by atoms with E-state index >= 15 is 0 Å². The van der Waals surface area contributed by atoms with Crippen LogP contribution in [0.2, 0.25) is 0 Å². The van der Waals surface area contributed by atoms with E-state index in [1.54, 1.807) is 7.05 Å². The van der Waals surface area contributed by atoms with Crippen molar-refractivity contribution in [2.45, 2.75) is 31.7 Å². The number of hydrogen-bond acceptors (Lipinski definition) is 4. The fourth-order valence-corrected chi connectivity index (χ4v) is 2.18. The monoisotopic (exact) mass is 302 g/mol. The minimum Gasteiger partial charge on any atom is -0.481 e. The summed E-state index contributed by atoms with van der Waals surface area (Å²) in [5, 5.41) is 19.9. The van der Waals surface area contributed by atoms with Gasteiger partial charge in [0.15, 0.2) is 0 Å². The predicted octanol–water partition coefficient (Wildman–Crippen LogP) is 0.372. The number of carbonyl (C=O) groups excluding carboxylic acids is 1. The predicted molar refractivity (Wildman–Crippen MR) is 73.0 cm³/mol. The van der Waals surface area contributed by atoms with Crippen LogP contribution in [0, 0.1) is 5.92 Å². The second-order valence-electron chi connectivity index (χ2n) is 5.21. The number of amides is 2. The molecule has 1 aliphatic rings. The maximum Gasteiger partial charge on any atom is 0.326 e. The number of carbonyl (C=O) groups is 3. The molecule has 1 unspecified atom stereocenters. The van der Waals surface area contributed by atoms with Gasteiger partial charge < -0.3 is 25.2 Å². The molecule has 0 radical (unpaired) electrons. The summed E-state index contributed by atoms with van der Waals surface area (Å²) in [5.74, 6) is -1.98. The Labute approximate surface area is 123 Å². The molecule has 1 rings (SSSR count). The zero-order valence-corrected chi connectivity index (χ0v) is 12.1. The molecule has 0 saturated carbocycles. The summed E-state index contributed by atoms with van der Waals surface area (Å²) in [6, 6.07) is -1.69. The van der Waals surface area contributed by atoms with Crippen LogP contribution < -0.4 is 5.32 Å². The van der Waals surface area contributed by atoms with E-state index in [4.69, 9.17) is 14.9 Å². The summed E-state index contributed by atoms with van der Waals surface area (Å²) >= 11 is 0. The lowest BCUT2D eigenvalue weighted by Gasteiger charge is -2.28. The van der Waals surface area contributed by atoms with Crippen molar-refractivity contribution in [3.05, 3.63) is 0 Å². The first-order chi connectivity index (χ1) is 9.90. The molecule has 120 valence electrons. The van der Waals surface area contributed by atoms with Crippen LogP contribution in [0.15, 0.2) is 0 Å². The van der Waals surface area contributed by atoms with E-state index in [0.29, 0.717) is 25.7 Å². The summed E-state index contributed by atoms with van der Waals surface area (Å²) in [7, 11) is 1.60. The summed E-state index contributed by atoms with van der Waals surface area (Å²) in [5.41, 5.74) is 0. The zero-order valence-electron chi connectivity index (χ0n) is 12.1. The standard InChI is InChI=1S/C13H22N2O6/c1-15(8-9-4-6-21-7-5-9)13(20)14-10(12(18)19)2-3-11(16)17/h9-10H,2-8H2,1H3,(H,14,20)(H,16,17)(H,18,19). The van der Waals surface area contributed by atoms with E-state index in [2.05, 4.69) is 5.32 Å². The fraction of sp³-hybridized carbons (Fsp3) is 0.769. The van der Waals surface area contributed by atoms with Gasteiger partial charge in [-0.1, -0.05) is 0 Å². The van der Waals surface area contributed by atoms with Gasteiger partial charge in [-0.05, 0) is 25.2 Å². The third kappa shape index (κ3) is 6.44. The lowest BCUT2D eigenvalue weighted by atomic mass is 10.00. The van der Waals surface area contributed by atoms with Gasteiger partial charge in [0.2, 0.25) is 0 Å². The summed E-state index contributed by atoms with van der Waals surface area (Å²) in [6.07, 6.45) is 1.31. The lowest BCUT2D eigenvalue weighted by Crippen LogP contribution is -2.48. The van der Waals surface area contributed by atoms with E-state index in [9.17, 15) is 14.4 Å². The molecule has 1 aliphatic heterocycles. The Hall–Kier alpha value is -1.83. The van der Waals surface area contributed by atoms with Crippen molar-refractivity contribution >= 4 is 18.0 Å². The van der Waals surface area contributed by atoms with Crippen LogP contribution in [-0.2, 0) is 14.3 Å². The number of urea groups is 1. The van der Waals surface area contributed by atoms with Gasteiger partial charge in [-0.15, -0.1) is 0 Å². The van der Waals surface area contributed by atoms with Gasteiger partial charge in [-0.25, -0.2) is 9.59 Å². The van der Waals surface area contributed by atoms with Crippen LogP contribution in [0.3, 0.4) is 0 Å². The molecule has 0 aromatic heterocycles. The molecule has 21 heavy (non-hydrogen) atoms. The molecule has 8 heteroatoms. The molecule has 3 N–H and O–H groups in total. The maximum absolute atomic E-state index is 11.9. The van der Waals surface area contributed by atoms with E-state index in [0.717, 1.165) is 12.8 Å². The van der Waals surface area contributed by atoms with Crippen molar-refractivity contribution in [1.29, 1.82) is 0 Å². The van der Waals surface area contributed by atoms with E-state index in [1.807, 2.05) is 0 Å². The number of hydrogen-bond donors (Lipinski definition) is 3. The average Bonchev–Trinajstić information content (AvgIpc) is 2.43. The molecule has 0 aliphatic carbocycles. The van der Waals surface area contributed by atoms with Crippen molar-refractivity contribution in [1.82, 2.24) is 10.2 Å². The van der Waals surface area contributed by atoms with E-state index < -0.39 is 24.0 Å². The van der Waals surface area contributed by atoms with E-state index in [-0.39, 0.29) is 12.8 Å². The summed E-state index contributed by atoms with van der Waals surface area (Å²) in [6.45, 7) is 1.88. The molecule has 0 bridgehead atoms. The zero-order chi connectivity index (χ0) is 15.8. The molecule has 0 aromatic carbocycles. The highest BCUT2D eigenvalue weighted by atomic mass is 16.5. The van der Waals surface area contributed by atoms with Crippen LogP contribution in [0.4, 0.5) is 4.79 Å². The van der Waals surface area contributed by atoms with Crippen molar-refractivity contribution in [2.24, 2.45) is 5.92 Å². The first-order valence-electron chi connectivity index (χ1n) is 6.94. The van der Waals surface area contributed by atoms with Gasteiger partial charge in [-0.2, -0.15) is 0 Å². The number of carboxylic acid groups (broad SMARTS) is 2. The van der Waals surface area contributed by atoms with Crippen molar-refractivity contribution in [3.8, 4) is 0 Å². The molecule has 1 atom stereocenters. The van der Waals surface area contributed by atoms with Gasteiger partial charge in [0.1, 0.15) is 6.04 Å². The number of rotatable bonds is 7. The SMILES string of the molecule is CN(CC1CCOCC1)C(=O)NC(CCC(=O)O)C(=O)O. The van der Waals surface area contributed by atoms with Crippen LogP contribution in [0.1, 0.15) is 25.7 Å². The van der Waals surface area contributed by atoms with Gasteiger partial charge in [0, 0.05) is 33.2 Å². The molecule has 8 nitrogen and oxygen atoms in total. The Bertz CT molecular complexity index is 381. The molecule has 1 saturated heterocycles. The smallest absolute Gasteiger partial charge is 0.326 e. The molecule has 2 amide bonds. The highest BCUT2D eigenvalue weighted by Gasteiger charge is 2.24. The largest absolute Gasteiger partial charge is 0.481 e. The quantitative estimate of drug-likeness (QED) is 0.626. The molecular weight excluding hydrogens is 280 g/mol. The van der Waals surface area contributed by atoms with Crippen molar-refractivity contribution in [3.63, 3.8) is 0 Å². The fourth-order valence-electron chi connectivity index (χ4n) is 2.18. The highest BCUT2D eigenvalue weighted by molar-refractivity contribution is 5.82. The van der Waals surface area contributed by atoms with Gasteiger partial charge in [-0.3, -0.25) is 4.79 Å². The first kappa shape index (κ1) is 17.2. The Kier molecular flexibility index (Phi) is 6.93. The molecule has 1 fully saturated rings. The third-order valence-corrected chi connectivity index (χ3v) is 3.46. The number of ether oxygens (including phenoxy) is 1. The van der Waals surface area contributed by atoms with Crippen LogP contribution in [-0.4, -0.2) is 65.9 Å². The number of nitrogens with one attached hydrogen (secondary N) is 1. The van der Waals surface area contributed by atoms with Crippen LogP contribution in [0.25, 0.3) is 0 Å². The molecular formula is C13H22N2O6. The second-order valence-corrected chi connectivity index (χ2v) is 5.21. The van der Waals surface area contributed by atoms with Crippen LogP contribution in [0.5, 0.6) is 0 Å². The summed E-state index contributed by atoms with van der Waals surface area (Å²) in [4.78, 5) is 34.9. The first-order valence-corrected chi connectivity index (χ1v) is 6.94. The van der Waals surface area contributed by atoms with Gasteiger partial charge in [0.25, 0.3) is 0 Å². The molecule has 1 heterocycles. The minimum absolute atomic E-state index is 0.137.